The Balaban J connectivity index is 2.53. The van der Waals surface area contributed by atoms with Gasteiger partial charge in [-0.1, -0.05) is 0 Å². The maximum absolute atomic E-state index is 11.4. The van der Waals surface area contributed by atoms with E-state index in [0.717, 1.165) is 0 Å². The monoisotopic (exact) mass is 296 g/mol. The summed E-state index contributed by atoms with van der Waals surface area (Å²) in [6.07, 6.45) is 1.14. The fraction of sp³-hybridized carbons (Fsp3) is 0.556. The predicted octanol–water partition coefficient (Wildman–Crippen LogP) is -1.65. The zero-order chi connectivity index (χ0) is 14.5. The van der Waals surface area contributed by atoms with Crippen molar-refractivity contribution >= 4 is 8.17 Å². The van der Waals surface area contributed by atoms with Gasteiger partial charge in [0.2, 0.25) is 0 Å². The number of aromatic amines is 1. The summed E-state index contributed by atoms with van der Waals surface area (Å²) in [5.74, 6) is 0. The van der Waals surface area contributed by atoms with Crippen LogP contribution in [0.4, 0.5) is 0 Å². The molecule has 0 aromatic carbocycles. The van der Waals surface area contributed by atoms with Gasteiger partial charge in [-0.15, -0.1) is 0 Å². The molecule has 0 spiro atoms. The first-order valence-electron chi connectivity index (χ1n) is 5.45. The molecule has 4 N–H and O–H groups in total. The Morgan fingerprint density at radius 1 is 1.42 bits per heavy atom. The Hall–Kier alpha value is -1.09. The zero-order valence-electron chi connectivity index (χ0n) is 10.3. The Labute approximate surface area is 108 Å². The van der Waals surface area contributed by atoms with E-state index in [1.807, 2.05) is 0 Å². The van der Waals surface area contributed by atoms with Crippen molar-refractivity contribution in [3.63, 3.8) is 0 Å². The summed E-state index contributed by atoms with van der Waals surface area (Å²) in [6.45, 7) is 0.0264. The number of nitrogens with zero attached hydrogens (tertiary/aromatic N) is 1. The Morgan fingerprint density at radius 3 is 2.63 bits per heavy atom. The molecule has 110 valence electrons. The molecule has 0 fully saturated rings. The molecule has 1 atom stereocenters. The van der Waals surface area contributed by atoms with Crippen LogP contribution in [-0.4, -0.2) is 44.1 Å². The summed E-state index contributed by atoms with van der Waals surface area (Å²) in [5.41, 5.74) is -1.03. The number of rotatable bonds is 7. The normalized spacial score (nSPS) is 14.3. The molecule has 0 aliphatic carbocycles. The third-order valence-corrected chi connectivity index (χ3v) is 2.94. The maximum atomic E-state index is 11.4. The van der Waals surface area contributed by atoms with Crippen LogP contribution in [0.2, 0.25) is 0 Å². The van der Waals surface area contributed by atoms with Crippen LogP contribution in [0.1, 0.15) is 6.42 Å². The second-order valence-electron chi connectivity index (χ2n) is 3.83. The van der Waals surface area contributed by atoms with Crippen molar-refractivity contribution in [2.45, 2.75) is 19.1 Å². The molecule has 0 amide bonds. The van der Waals surface area contributed by atoms with Crippen LogP contribution in [0, 0.1) is 0 Å². The number of ether oxygens (including phenoxy) is 1. The van der Waals surface area contributed by atoms with Gasteiger partial charge < -0.3 is 0 Å². The van der Waals surface area contributed by atoms with Crippen LogP contribution in [0.25, 0.3) is 0 Å². The van der Waals surface area contributed by atoms with E-state index in [4.69, 9.17) is 19.4 Å². The molecule has 0 aliphatic rings. The fourth-order valence-corrected chi connectivity index (χ4v) is 1.79. The topological polar surface area (TPSA) is 134 Å². The number of methoxy groups -OCH3 is 1. The molecule has 10 heteroatoms. The number of aromatic nitrogens is 2. The Bertz CT molecular complexity index is 506. The molecule has 1 rings (SSSR count). The molecule has 0 saturated carbocycles. The van der Waals surface area contributed by atoms with Crippen molar-refractivity contribution in [3.05, 3.63) is 33.1 Å². The molecule has 0 radical (unpaired) electrons. The quantitative estimate of drug-likeness (QED) is 0.443. The third kappa shape index (κ3) is 6.06. The number of nitrogens with one attached hydrogen (secondary N) is 1. The van der Waals surface area contributed by atoms with Crippen molar-refractivity contribution in [1.82, 2.24) is 9.55 Å². The number of hydrogen-bond donors (Lipinski definition) is 4. The summed E-state index contributed by atoms with van der Waals surface area (Å²) in [7, 11) is -3.17. The molecule has 19 heavy (non-hydrogen) atoms. The van der Waals surface area contributed by atoms with Crippen molar-refractivity contribution in [1.29, 1.82) is 0 Å². The summed E-state index contributed by atoms with van der Waals surface area (Å²) >= 11 is 0. The SMILES string of the molecule is COC(CCn1ccc(=O)[nH]c1=O)CO[PH](O)(O)O. The summed E-state index contributed by atoms with van der Waals surface area (Å²) in [4.78, 5) is 50.4. The van der Waals surface area contributed by atoms with Crippen LogP contribution >= 0.6 is 8.17 Å². The standard InChI is InChI=1S/C9H17N2O7P/c1-17-7(6-18-19(14,15)16)2-4-11-5-3-8(12)10-9(11)13/h3,5,7,14-16,19H,2,4,6H2,1H3,(H,10,12,13). The predicted molar refractivity (Wildman–Crippen MR) is 67.7 cm³/mol. The number of aryl methyl sites for hydroxylation is 1. The van der Waals surface area contributed by atoms with Crippen molar-refractivity contribution in [2.75, 3.05) is 13.7 Å². The van der Waals surface area contributed by atoms with Crippen LogP contribution in [0.5, 0.6) is 0 Å². The van der Waals surface area contributed by atoms with Gasteiger partial charge in [-0.2, -0.15) is 0 Å². The van der Waals surface area contributed by atoms with Crippen LogP contribution < -0.4 is 11.2 Å². The van der Waals surface area contributed by atoms with E-state index in [9.17, 15) is 9.59 Å². The van der Waals surface area contributed by atoms with E-state index < -0.39 is 25.5 Å². The molecule has 0 bridgehead atoms. The fourth-order valence-electron chi connectivity index (χ4n) is 1.38. The van der Waals surface area contributed by atoms with E-state index in [1.54, 1.807) is 0 Å². The first-order valence-corrected chi connectivity index (χ1v) is 7.20. The van der Waals surface area contributed by atoms with Crippen LogP contribution in [0.15, 0.2) is 21.9 Å². The summed E-state index contributed by atoms with van der Waals surface area (Å²) < 4.78 is 10.7. The van der Waals surface area contributed by atoms with Crippen molar-refractivity contribution < 1.29 is 23.9 Å². The second kappa shape index (κ2) is 6.90. The molecule has 9 nitrogen and oxygen atoms in total. The second-order valence-corrected chi connectivity index (χ2v) is 5.27. The minimum atomic E-state index is -4.56. The molecule has 1 aromatic rings. The number of H-pyrrole nitrogens is 1. The van der Waals surface area contributed by atoms with Gasteiger partial charge in [-0.05, 0) is 0 Å². The molecule has 0 aliphatic heterocycles. The van der Waals surface area contributed by atoms with Gasteiger partial charge in [0, 0.05) is 0 Å². The number of hydrogen-bond acceptors (Lipinski definition) is 7. The van der Waals surface area contributed by atoms with Gasteiger partial charge in [-0.3, -0.25) is 0 Å². The Kier molecular flexibility index (Phi) is 5.80. The van der Waals surface area contributed by atoms with E-state index in [-0.39, 0.29) is 13.2 Å². The van der Waals surface area contributed by atoms with Crippen LogP contribution in [0.3, 0.4) is 0 Å². The van der Waals surface area contributed by atoms with Crippen molar-refractivity contribution in [2.24, 2.45) is 0 Å². The van der Waals surface area contributed by atoms with Gasteiger partial charge >= 0.3 is 108 Å². The van der Waals surface area contributed by atoms with Gasteiger partial charge in [0.25, 0.3) is 0 Å². The average molecular weight is 296 g/mol. The third-order valence-electron chi connectivity index (χ3n) is 2.39. The molecule has 0 saturated heterocycles. The van der Waals surface area contributed by atoms with Gasteiger partial charge in [0.1, 0.15) is 0 Å². The van der Waals surface area contributed by atoms with Gasteiger partial charge in [-0.25, -0.2) is 0 Å². The van der Waals surface area contributed by atoms with Crippen LogP contribution in [-0.2, 0) is 15.8 Å². The molecular formula is C9H17N2O7P. The van der Waals surface area contributed by atoms with Gasteiger partial charge in [0.05, 0.1) is 0 Å². The Morgan fingerprint density at radius 2 is 2.11 bits per heavy atom. The zero-order valence-corrected chi connectivity index (χ0v) is 11.3. The molecule has 1 unspecified atom stereocenters. The summed E-state index contributed by atoms with van der Waals surface area (Å²) in [6, 6.07) is 1.22. The summed E-state index contributed by atoms with van der Waals surface area (Å²) in [5, 5.41) is 0. The molecular weight excluding hydrogens is 279 g/mol. The molecule has 1 heterocycles. The van der Waals surface area contributed by atoms with Crippen molar-refractivity contribution in [3.8, 4) is 0 Å². The average Bonchev–Trinajstić information content (AvgIpc) is 2.30. The van der Waals surface area contributed by atoms with E-state index >= 15 is 0 Å². The van der Waals surface area contributed by atoms with Gasteiger partial charge in [0.15, 0.2) is 0 Å². The van der Waals surface area contributed by atoms with E-state index in [2.05, 4.69) is 9.51 Å². The van der Waals surface area contributed by atoms with E-state index in [1.165, 1.54) is 23.9 Å². The van der Waals surface area contributed by atoms with E-state index in [0.29, 0.717) is 6.42 Å². The first-order chi connectivity index (χ1) is 8.81. The minimum absolute atomic E-state index is 0.218. The first kappa shape index (κ1) is 16.0. The molecule has 1 aromatic heterocycles.